The van der Waals surface area contributed by atoms with Gasteiger partial charge in [-0.25, -0.2) is 0 Å². The Balaban J connectivity index is 2.45. The lowest BCUT2D eigenvalue weighted by atomic mass is 10.1. The largest absolute Gasteiger partial charge is 0.337 e. The van der Waals surface area contributed by atoms with Gasteiger partial charge in [0.05, 0.1) is 10.2 Å². The maximum absolute atomic E-state index is 11.8. The number of halogens is 1. The monoisotopic (exact) mass is 263 g/mol. The second-order valence-electron chi connectivity index (χ2n) is 3.86. The van der Waals surface area contributed by atoms with E-state index in [0.717, 1.165) is 34.0 Å². The van der Waals surface area contributed by atoms with Crippen molar-refractivity contribution in [1.82, 2.24) is 4.57 Å². The van der Waals surface area contributed by atoms with Gasteiger partial charge in [-0.1, -0.05) is 18.2 Å². The molecule has 0 unspecified atom stereocenters. The number of rotatable bonds is 0. The van der Waals surface area contributed by atoms with Crippen molar-refractivity contribution in [2.24, 2.45) is 0 Å². The number of aryl methyl sites for hydroxylation is 1. The van der Waals surface area contributed by atoms with Gasteiger partial charge in [0.2, 0.25) is 0 Å². The van der Waals surface area contributed by atoms with Crippen LogP contribution >= 0.6 is 15.9 Å². The van der Waals surface area contributed by atoms with Crippen LogP contribution in [0.2, 0.25) is 0 Å². The zero-order valence-corrected chi connectivity index (χ0v) is 9.75. The normalized spacial score (nSPS) is 15.7. The topological polar surface area (TPSA) is 22.0 Å². The molecule has 0 saturated carbocycles. The van der Waals surface area contributed by atoms with Gasteiger partial charge in [0.1, 0.15) is 0 Å². The van der Waals surface area contributed by atoms with Crippen LogP contribution in [0.3, 0.4) is 0 Å². The van der Waals surface area contributed by atoms with Crippen molar-refractivity contribution < 1.29 is 4.79 Å². The molecule has 15 heavy (non-hydrogen) atoms. The van der Waals surface area contributed by atoms with Crippen LogP contribution in [0.25, 0.3) is 10.9 Å². The average molecular weight is 264 g/mol. The van der Waals surface area contributed by atoms with Gasteiger partial charge >= 0.3 is 0 Å². The summed E-state index contributed by atoms with van der Waals surface area (Å²) in [4.78, 5) is 11.8. The lowest BCUT2D eigenvalue weighted by Crippen LogP contribution is -2.16. The molecule has 0 aliphatic carbocycles. The fourth-order valence-electron chi connectivity index (χ4n) is 2.28. The van der Waals surface area contributed by atoms with Crippen LogP contribution in [0.1, 0.15) is 23.3 Å². The molecule has 2 nitrogen and oxygen atoms in total. The summed E-state index contributed by atoms with van der Waals surface area (Å²) in [5, 5.41) is 1.14. The smallest absolute Gasteiger partial charge is 0.180 e. The van der Waals surface area contributed by atoms with Gasteiger partial charge in [-0.3, -0.25) is 4.79 Å². The zero-order chi connectivity index (χ0) is 10.4. The van der Waals surface area contributed by atoms with Crippen LogP contribution in [0.4, 0.5) is 0 Å². The molecule has 3 rings (SSSR count). The first-order valence-corrected chi connectivity index (χ1v) is 5.88. The third kappa shape index (κ3) is 1.19. The fraction of sp³-hybridized carbons (Fsp3) is 0.250. The highest BCUT2D eigenvalue weighted by atomic mass is 79.9. The van der Waals surface area contributed by atoms with Crippen LogP contribution in [-0.2, 0) is 6.54 Å². The van der Waals surface area contributed by atoms with E-state index < -0.39 is 0 Å². The molecule has 0 fully saturated rings. The number of aromatic nitrogens is 1. The Morgan fingerprint density at radius 3 is 2.93 bits per heavy atom. The highest BCUT2D eigenvalue weighted by Gasteiger charge is 2.23. The van der Waals surface area contributed by atoms with E-state index in [1.54, 1.807) is 0 Å². The maximum atomic E-state index is 11.8. The van der Waals surface area contributed by atoms with Crippen molar-refractivity contribution in [1.29, 1.82) is 0 Å². The van der Waals surface area contributed by atoms with Gasteiger partial charge in [0, 0.05) is 23.9 Å². The van der Waals surface area contributed by atoms with Gasteiger partial charge < -0.3 is 4.57 Å². The Morgan fingerprint density at radius 1 is 1.27 bits per heavy atom. The van der Waals surface area contributed by atoms with E-state index in [1.807, 2.05) is 12.1 Å². The third-order valence-corrected chi connectivity index (χ3v) is 3.76. The second kappa shape index (κ2) is 3.20. The number of fused-ring (bicyclic) bond motifs is 3. The summed E-state index contributed by atoms with van der Waals surface area (Å²) in [6, 6.07) is 8.14. The molecule has 1 aromatic carbocycles. The molecule has 2 heterocycles. The first-order chi connectivity index (χ1) is 7.29. The van der Waals surface area contributed by atoms with Crippen molar-refractivity contribution in [2.75, 3.05) is 0 Å². The van der Waals surface area contributed by atoms with Crippen LogP contribution in [0.5, 0.6) is 0 Å². The quantitative estimate of drug-likeness (QED) is 0.715. The number of hydrogen-bond donors (Lipinski definition) is 0. The Hall–Kier alpha value is -1.09. The highest BCUT2D eigenvalue weighted by Crippen LogP contribution is 2.34. The number of carbonyl (C=O) groups is 1. The Bertz CT molecular complexity index is 556. The molecule has 0 amide bonds. The molecule has 0 spiro atoms. The number of carbonyl (C=O) groups excluding carboxylic acids is 1. The molecule has 1 aromatic heterocycles. The van der Waals surface area contributed by atoms with Crippen molar-refractivity contribution in [3.05, 3.63) is 34.4 Å². The van der Waals surface area contributed by atoms with Gasteiger partial charge in [-0.2, -0.15) is 0 Å². The van der Waals surface area contributed by atoms with E-state index in [1.165, 1.54) is 0 Å². The summed E-state index contributed by atoms with van der Waals surface area (Å²) in [6.45, 7) is 0.952. The first-order valence-electron chi connectivity index (χ1n) is 5.09. The minimum absolute atomic E-state index is 0.254. The average Bonchev–Trinajstić information content (AvgIpc) is 2.55. The van der Waals surface area contributed by atoms with Gasteiger partial charge in [-0.15, -0.1) is 0 Å². The van der Waals surface area contributed by atoms with Crippen molar-refractivity contribution in [3.8, 4) is 0 Å². The molecule has 0 radical (unpaired) electrons. The summed E-state index contributed by atoms with van der Waals surface area (Å²) in [6.07, 6.45) is 1.63. The molecule has 0 atom stereocenters. The number of benzene rings is 1. The Morgan fingerprint density at radius 2 is 2.07 bits per heavy atom. The van der Waals surface area contributed by atoms with E-state index in [2.05, 4.69) is 32.6 Å². The van der Waals surface area contributed by atoms with E-state index in [-0.39, 0.29) is 5.78 Å². The highest BCUT2D eigenvalue weighted by molar-refractivity contribution is 9.10. The predicted molar refractivity (Wildman–Crippen MR) is 63.2 cm³/mol. The molecule has 2 aromatic rings. The second-order valence-corrected chi connectivity index (χ2v) is 4.65. The minimum Gasteiger partial charge on any atom is -0.337 e. The number of ketones is 1. The van der Waals surface area contributed by atoms with Crippen molar-refractivity contribution >= 4 is 32.6 Å². The standard InChI is InChI=1S/C12H10BrNO/c13-11-8-4-1-2-5-9(8)14-7-3-6-10(15)12(11)14/h1-2,4-5H,3,6-7H2. The van der Waals surface area contributed by atoms with E-state index in [4.69, 9.17) is 0 Å². The summed E-state index contributed by atoms with van der Waals surface area (Å²) < 4.78 is 3.09. The lowest BCUT2D eigenvalue weighted by Gasteiger charge is -2.14. The van der Waals surface area contributed by atoms with Crippen LogP contribution in [0.15, 0.2) is 28.7 Å². The first kappa shape index (κ1) is 9.16. The van der Waals surface area contributed by atoms with Crippen LogP contribution in [-0.4, -0.2) is 10.4 Å². The molecule has 0 N–H and O–H groups in total. The molecular formula is C12H10BrNO. The number of para-hydroxylation sites is 1. The molecule has 1 aliphatic rings. The predicted octanol–water partition coefficient (Wildman–Crippen LogP) is 3.38. The minimum atomic E-state index is 0.254. The summed E-state index contributed by atoms with van der Waals surface area (Å²) in [5.74, 6) is 0.254. The SMILES string of the molecule is O=C1CCCn2c1c(Br)c1ccccc12. The molecule has 0 bridgehead atoms. The van der Waals surface area contributed by atoms with Crippen LogP contribution in [0, 0.1) is 0 Å². The molecular weight excluding hydrogens is 254 g/mol. The van der Waals surface area contributed by atoms with Crippen molar-refractivity contribution in [2.45, 2.75) is 19.4 Å². The Labute approximate surface area is 96.0 Å². The fourth-order valence-corrected chi connectivity index (χ4v) is 3.05. The third-order valence-electron chi connectivity index (χ3n) is 2.96. The maximum Gasteiger partial charge on any atom is 0.180 e. The number of Topliss-reactive ketones (excluding diaryl/α,β-unsaturated/α-hetero) is 1. The van der Waals surface area contributed by atoms with E-state index in [9.17, 15) is 4.79 Å². The van der Waals surface area contributed by atoms with Crippen molar-refractivity contribution in [3.63, 3.8) is 0 Å². The number of hydrogen-bond acceptors (Lipinski definition) is 1. The van der Waals surface area contributed by atoms with Crippen LogP contribution < -0.4 is 0 Å². The van der Waals surface area contributed by atoms with E-state index in [0.29, 0.717) is 6.42 Å². The molecule has 3 heteroatoms. The van der Waals surface area contributed by atoms with Gasteiger partial charge in [0.25, 0.3) is 0 Å². The molecule has 0 saturated heterocycles. The lowest BCUT2D eigenvalue weighted by molar-refractivity contribution is 0.0955. The summed E-state index contributed by atoms with van der Waals surface area (Å²) in [7, 11) is 0. The van der Waals surface area contributed by atoms with Gasteiger partial charge in [-0.05, 0) is 28.4 Å². The summed E-state index contributed by atoms with van der Waals surface area (Å²) >= 11 is 3.54. The Kier molecular flexibility index (Phi) is 1.96. The van der Waals surface area contributed by atoms with Gasteiger partial charge in [0.15, 0.2) is 5.78 Å². The molecule has 76 valence electrons. The van der Waals surface area contributed by atoms with E-state index >= 15 is 0 Å². The molecule has 1 aliphatic heterocycles. The summed E-state index contributed by atoms with van der Waals surface area (Å²) in [5.41, 5.74) is 2.01. The zero-order valence-electron chi connectivity index (χ0n) is 8.16. The number of nitrogens with zero attached hydrogens (tertiary/aromatic N) is 1.